The normalized spacial score (nSPS) is 14.9. The monoisotopic (exact) mass is 780 g/mol. The lowest BCUT2D eigenvalue weighted by molar-refractivity contribution is 0.590. The summed E-state index contributed by atoms with van der Waals surface area (Å²) in [6, 6.07) is 56.1. The molecule has 2 nitrogen and oxygen atoms in total. The summed E-state index contributed by atoms with van der Waals surface area (Å²) in [7, 11) is 0. The Hall–Kier alpha value is -5.80. The van der Waals surface area contributed by atoms with Gasteiger partial charge in [0.15, 0.2) is 0 Å². The molecule has 0 amide bonds. The minimum Gasteiger partial charge on any atom is -0.376 e. The maximum atomic E-state index is 2.69. The third-order valence-corrected chi connectivity index (χ3v) is 13.7. The Morgan fingerprint density at radius 2 is 1.02 bits per heavy atom. The standard InChI is InChI=1S/C57H57BN2/c1-54(2,3)38-21-26-41(27-22-38)59-48-31-25-40(56(7,8)9)35-47(48)58-53-45(33-37(34-50(53)59)36-17-13-12-14-18-36)51-49(60(58)42-28-23-39(24-29-42)55(4,5)6)32-30-44-43-19-15-16-20-46(43)57(10,11)52(44)51/h12-35H,1-11H3. The van der Waals surface area contributed by atoms with E-state index in [4.69, 9.17) is 0 Å². The summed E-state index contributed by atoms with van der Waals surface area (Å²) in [6.07, 6.45) is 0. The molecule has 3 heteroatoms. The number of rotatable bonds is 3. The van der Waals surface area contributed by atoms with Gasteiger partial charge in [-0.05, 0) is 131 Å². The first kappa shape index (κ1) is 38.4. The Labute approximate surface area is 359 Å². The van der Waals surface area contributed by atoms with Gasteiger partial charge < -0.3 is 9.71 Å². The fraction of sp³-hybridized carbons (Fsp3) is 0.263. The van der Waals surface area contributed by atoms with Gasteiger partial charge in [-0.2, -0.15) is 0 Å². The predicted molar refractivity (Wildman–Crippen MR) is 259 cm³/mol. The predicted octanol–water partition coefficient (Wildman–Crippen LogP) is 14.3. The summed E-state index contributed by atoms with van der Waals surface area (Å²) >= 11 is 0. The van der Waals surface area contributed by atoms with Crippen LogP contribution in [0.2, 0.25) is 0 Å². The number of fused-ring (bicyclic) bond motifs is 8. The van der Waals surface area contributed by atoms with E-state index in [0.29, 0.717) is 0 Å². The Morgan fingerprint density at radius 1 is 0.450 bits per heavy atom. The second-order valence-corrected chi connectivity index (χ2v) is 21.1. The van der Waals surface area contributed by atoms with Crippen molar-refractivity contribution in [3.8, 4) is 33.4 Å². The number of anilines is 5. The highest BCUT2D eigenvalue weighted by atomic mass is 15.2. The molecule has 0 atom stereocenters. The molecule has 0 saturated carbocycles. The minimum atomic E-state index is -0.212. The molecule has 0 aromatic heterocycles. The van der Waals surface area contributed by atoms with Gasteiger partial charge in [0.05, 0.1) is 0 Å². The van der Waals surface area contributed by atoms with Gasteiger partial charge in [0, 0.05) is 39.4 Å². The van der Waals surface area contributed by atoms with Crippen molar-refractivity contribution in [1.82, 2.24) is 0 Å². The molecule has 0 bridgehead atoms. The molecule has 0 spiro atoms. The Morgan fingerprint density at radius 3 is 1.65 bits per heavy atom. The van der Waals surface area contributed by atoms with E-state index in [1.165, 1.54) is 101 Å². The maximum Gasteiger partial charge on any atom is 0.333 e. The second kappa shape index (κ2) is 13.1. The largest absolute Gasteiger partial charge is 0.376 e. The molecule has 2 aliphatic heterocycles. The van der Waals surface area contributed by atoms with Crippen LogP contribution in [0.1, 0.15) is 104 Å². The summed E-state index contributed by atoms with van der Waals surface area (Å²) in [5.74, 6) is 0. The van der Waals surface area contributed by atoms with Crippen LogP contribution < -0.4 is 20.6 Å². The van der Waals surface area contributed by atoms with Crippen LogP contribution in [0.15, 0.2) is 146 Å². The van der Waals surface area contributed by atoms with Crippen LogP contribution >= 0.6 is 0 Å². The highest BCUT2D eigenvalue weighted by molar-refractivity contribution is 6.93. The van der Waals surface area contributed by atoms with E-state index in [2.05, 4.69) is 231 Å². The van der Waals surface area contributed by atoms with Crippen LogP contribution in [0.25, 0.3) is 33.4 Å². The summed E-state index contributed by atoms with van der Waals surface area (Å²) < 4.78 is 0. The SMILES string of the molecule is CC(C)(C)c1ccc(N2B3c4cc(C(C)(C)C)ccc4N(c4ccc(C(C)(C)C)cc4)c4cc(-c5ccccc5)cc(c43)-c3c2ccc2c3C(C)(C)c3ccccc3-2)cc1. The second-order valence-electron chi connectivity index (χ2n) is 21.1. The molecule has 10 rings (SSSR count). The lowest BCUT2D eigenvalue weighted by Gasteiger charge is -2.47. The summed E-state index contributed by atoms with van der Waals surface area (Å²) in [5, 5.41) is 0. The van der Waals surface area contributed by atoms with Gasteiger partial charge in [-0.3, -0.25) is 0 Å². The van der Waals surface area contributed by atoms with Crippen LogP contribution in [0.3, 0.4) is 0 Å². The maximum absolute atomic E-state index is 2.69. The molecule has 1 aliphatic carbocycles. The van der Waals surface area contributed by atoms with Gasteiger partial charge in [0.1, 0.15) is 0 Å². The van der Waals surface area contributed by atoms with Crippen molar-refractivity contribution in [2.75, 3.05) is 9.71 Å². The van der Waals surface area contributed by atoms with Crippen LogP contribution in [0, 0.1) is 0 Å². The summed E-state index contributed by atoms with van der Waals surface area (Å²) in [6.45, 7) is 25.7. The Bertz CT molecular complexity index is 2830. The molecule has 0 saturated heterocycles. The molecular weight excluding hydrogens is 723 g/mol. The van der Waals surface area contributed by atoms with E-state index < -0.39 is 0 Å². The van der Waals surface area contributed by atoms with E-state index >= 15 is 0 Å². The zero-order valence-electron chi connectivity index (χ0n) is 37.3. The number of hydrogen-bond acceptors (Lipinski definition) is 2. The van der Waals surface area contributed by atoms with Gasteiger partial charge in [-0.1, -0.05) is 173 Å². The lowest BCUT2D eigenvalue weighted by atomic mass is 9.42. The molecule has 7 aromatic carbocycles. The number of benzene rings is 7. The van der Waals surface area contributed by atoms with Crippen LogP contribution in [0.5, 0.6) is 0 Å². The lowest BCUT2D eigenvalue weighted by Crippen LogP contribution is -2.62. The van der Waals surface area contributed by atoms with Crippen molar-refractivity contribution in [3.05, 3.63) is 173 Å². The van der Waals surface area contributed by atoms with Crippen molar-refractivity contribution in [1.29, 1.82) is 0 Å². The summed E-state index contributed by atoms with van der Waals surface area (Å²) in [4.78, 5) is 5.27. The molecule has 60 heavy (non-hydrogen) atoms. The van der Waals surface area contributed by atoms with Gasteiger partial charge in [-0.15, -0.1) is 0 Å². The molecule has 298 valence electrons. The van der Waals surface area contributed by atoms with Gasteiger partial charge in [0.2, 0.25) is 0 Å². The minimum absolute atomic E-state index is 0.0309. The molecule has 2 heterocycles. The third-order valence-electron chi connectivity index (χ3n) is 13.7. The zero-order chi connectivity index (χ0) is 42.1. The molecule has 0 fully saturated rings. The quantitative estimate of drug-likeness (QED) is 0.165. The van der Waals surface area contributed by atoms with Crippen LogP contribution in [-0.4, -0.2) is 6.85 Å². The molecular formula is C57H57BN2. The average molecular weight is 781 g/mol. The van der Waals surface area contributed by atoms with E-state index in [1.54, 1.807) is 0 Å². The average Bonchev–Trinajstić information content (AvgIpc) is 3.46. The fourth-order valence-electron chi connectivity index (χ4n) is 10.4. The number of nitrogens with zero attached hydrogens (tertiary/aromatic N) is 2. The van der Waals surface area contributed by atoms with Gasteiger partial charge in [-0.25, -0.2) is 0 Å². The smallest absolute Gasteiger partial charge is 0.333 e. The van der Waals surface area contributed by atoms with Gasteiger partial charge >= 0.3 is 6.85 Å². The van der Waals surface area contributed by atoms with E-state index in [0.717, 1.165) is 0 Å². The molecule has 0 N–H and O–H groups in total. The third kappa shape index (κ3) is 5.83. The van der Waals surface area contributed by atoms with Crippen molar-refractivity contribution < 1.29 is 0 Å². The summed E-state index contributed by atoms with van der Waals surface area (Å²) in [5.41, 5.74) is 23.3. The van der Waals surface area contributed by atoms with E-state index in [9.17, 15) is 0 Å². The molecule has 0 radical (unpaired) electrons. The Balaban J connectivity index is 1.36. The first-order valence-electron chi connectivity index (χ1n) is 21.9. The van der Waals surface area contributed by atoms with E-state index in [-0.39, 0.29) is 28.5 Å². The van der Waals surface area contributed by atoms with Crippen LogP contribution in [-0.2, 0) is 21.7 Å². The zero-order valence-corrected chi connectivity index (χ0v) is 37.3. The van der Waals surface area contributed by atoms with Gasteiger partial charge in [0.25, 0.3) is 0 Å². The first-order chi connectivity index (χ1) is 28.4. The fourth-order valence-corrected chi connectivity index (χ4v) is 10.4. The number of hydrogen-bond donors (Lipinski definition) is 0. The first-order valence-corrected chi connectivity index (χ1v) is 21.9. The topological polar surface area (TPSA) is 6.48 Å². The molecule has 7 aromatic rings. The van der Waals surface area contributed by atoms with Crippen LogP contribution in [0.4, 0.5) is 28.4 Å². The molecule has 3 aliphatic rings. The van der Waals surface area contributed by atoms with Crippen molar-refractivity contribution in [2.45, 2.75) is 97.8 Å². The van der Waals surface area contributed by atoms with Crippen molar-refractivity contribution >= 4 is 46.2 Å². The highest BCUT2D eigenvalue weighted by Gasteiger charge is 2.49. The highest BCUT2D eigenvalue weighted by Crippen LogP contribution is 2.58. The van der Waals surface area contributed by atoms with E-state index in [1.807, 2.05) is 0 Å². The van der Waals surface area contributed by atoms with Crippen molar-refractivity contribution in [2.24, 2.45) is 0 Å². The Kier molecular flexibility index (Phi) is 8.39. The molecule has 0 unspecified atom stereocenters. The van der Waals surface area contributed by atoms with Crippen molar-refractivity contribution in [3.63, 3.8) is 0 Å².